The van der Waals surface area contributed by atoms with Crippen molar-refractivity contribution in [1.29, 1.82) is 0 Å². The molecule has 1 aliphatic heterocycles. The molecule has 0 aliphatic carbocycles. The molecule has 0 radical (unpaired) electrons. The summed E-state index contributed by atoms with van der Waals surface area (Å²) in [6.07, 6.45) is 2.13. The van der Waals surface area contributed by atoms with Gasteiger partial charge < -0.3 is 10.6 Å². The molecule has 2 N–H and O–H groups in total. The minimum atomic E-state index is 0.151. The topological polar surface area (TPSA) is 29.3 Å². The Bertz CT molecular complexity index is 376. The van der Waals surface area contributed by atoms with E-state index in [4.69, 9.17) is 5.73 Å². The smallest absolute Gasteiger partial charge is 0.0381 e. The zero-order chi connectivity index (χ0) is 11.8. The maximum Gasteiger partial charge on any atom is 0.0381 e. The number of hydrogen-bond donors (Lipinski definition) is 1. The van der Waals surface area contributed by atoms with Crippen LogP contribution in [0.5, 0.6) is 0 Å². The highest BCUT2D eigenvalue weighted by atomic mass is 79.9. The Morgan fingerprint density at radius 3 is 2.81 bits per heavy atom. The molecule has 0 spiro atoms. The normalized spacial score (nSPS) is 24.5. The fraction of sp³-hybridized carbons (Fsp3) is 0.538. The first-order valence-electron chi connectivity index (χ1n) is 5.78. The Morgan fingerprint density at radius 2 is 2.19 bits per heavy atom. The highest BCUT2D eigenvalue weighted by molar-refractivity contribution is 9.10. The first-order chi connectivity index (χ1) is 7.49. The first-order valence-corrected chi connectivity index (χ1v) is 6.57. The number of hydrogen-bond acceptors (Lipinski definition) is 2. The van der Waals surface area contributed by atoms with E-state index in [0.29, 0.717) is 6.04 Å². The van der Waals surface area contributed by atoms with Crippen LogP contribution in [-0.2, 0) is 0 Å². The summed E-state index contributed by atoms with van der Waals surface area (Å²) in [4.78, 5) is 2.46. The van der Waals surface area contributed by atoms with Crippen molar-refractivity contribution < 1.29 is 0 Å². The van der Waals surface area contributed by atoms with Crippen molar-refractivity contribution in [3.05, 3.63) is 28.7 Å². The molecule has 0 bridgehead atoms. The molecule has 2 rings (SSSR count). The third kappa shape index (κ3) is 2.41. The van der Waals surface area contributed by atoms with Gasteiger partial charge in [-0.2, -0.15) is 0 Å². The quantitative estimate of drug-likeness (QED) is 0.858. The van der Waals surface area contributed by atoms with Gasteiger partial charge in [-0.05, 0) is 44.9 Å². The second-order valence-electron chi connectivity index (χ2n) is 5.20. The minimum Gasteiger partial charge on any atom is -0.366 e. The van der Waals surface area contributed by atoms with E-state index in [1.165, 1.54) is 5.69 Å². The zero-order valence-corrected chi connectivity index (χ0v) is 11.5. The van der Waals surface area contributed by atoms with Gasteiger partial charge in [0.25, 0.3) is 0 Å². The lowest BCUT2D eigenvalue weighted by Crippen LogP contribution is -2.53. The van der Waals surface area contributed by atoms with Crippen LogP contribution in [-0.4, -0.2) is 18.1 Å². The summed E-state index contributed by atoms with van der Waals surface area (Å²) in [5, 5.41) is 0. The van der Waals surface area contributed by atoms with Gasteiger partial charge in [0.15, 0.2) is 0 Å². The summed E-state index contributed by atoms with van der Waals surface area (Å²) in [5.74, 6) is 0. The van der Waals surface area contributed by atoms with E-state index in [1.807, 2.05) is 0 Å². The van der Waals surface area contributed by atoms with Crippen LogP contribution in [0.3, 0.4) is 0 Å². The molecule has 16 heavy (non-hydrogen) atoms. The molecule has 0 saturated carbocycles. The Labute approximate surface area is 106 Å². The molecule has 1 unspecified atom stereocenters. The van der Waals surface area contributed by atoms with Crippen LogP contribution in [0.2, 0.25) is 0 Å². The summed E-state index contributed by atoms with van der Waals surface area (Å²) in [6.45, 7) is 5.59. The molecule has 2 nitrogen and oxygen atoms in total. The maximum absolute atomic E-state index is 6.04. The van der Waals surface area contributed by atoms with Crippen molar-refractivity contribution in [3.63, 3.8) is 0 Å². The van der Waals surface area contributed by atoms with Gasteiger partial charge in [0, 0.05) is 28.3 Å². The number of anilines is 1. The molecular formula is C13H19BrN2. The molecule has 1 aromatic carbocycles. The summed E-state index contributed by atoms with van der Waals surface area (Å²) in [6, 6.07) is 8.84. The van der Waals surface area contributed by atoms with Crippen LogP contribution in [0.15, 0.2) is 28.7 Å². The van der Waals surface area contributed by atoms with Gasteiger partial charge in [0.05, 0.1) is 0 Å². The predicted molar refractivity (Wildman–Crippen MR) is 72.8 cm³/mol. The van der Waals surface area contributed by atoms with E-state index in [9.17, 15) is 0 Å². The lowest BCUT2D eigenvalue weighted by Gasteiger charge is -2.46. The van der Waals surface area contributed by atoms with E-state index in [0.717, 1.165) is 23.9 Å². The van der Waals surface area contributed by atoms with Crippen LogP contribution < -0.4 is 10.6 Å². The van der Waals surface area contributed by atoms with Gasteiger partial charge in [-0.25, -0.2) is 0 Å². The monoisotopic (exact) mass is 282 g/mol. The lowest BCUT2D eigenvalue weighted by atomic mass is 9.87. The fourth-order valence-corrected chi connectivity index (χ4v) is 2.96. The fourth-order valence-electron chi connectivity index (χ4n) is 2.57. The number of halogens is 1. The molecule has 1 saturated heterocycles. The van der Waals surface area contributed by atoms with E-state index >= 15 is 0 Å². The molecule has 1 aromatic rings. The van der Waals surface area contributed by atoms with Gasteiger partial charge in [-0.3, -0.25) is 0 Å². The molecular weight excluding hydrogens is 264 g/mol. The predicted octanol–water partition coefficient (Wildman–Crippen LogP) is 3.16. The van der Waals surface area contributed by atoms with Crippen molar-refractivity contribution in [2.45, 2.75) is 38.3 Å². The molecule has 1 heterocycles. The Balaban J connectivity index is 2.27. The van der Waals surface area contributed by atoms with E-state index in [1.54, 1.807) is 0 Å². The molecule has 1 atom stereocenters. The second-order valence-corrected chi connectivity index (χ2v) is 6.11. The van der Waals surface area contributed by atoms with Crippen LogP contribution in [0.1, 0.15) is 26.7 Å². The SMILES string of the molecule is CC1(C)CC(N)CCN1c1cccc(Br)c1. The lowest BCUT2D eigenvalue weighted by molar-refractivity contribution is 0.327. The second kappa shape index (κ2) is 4.38. The molecule has 0 amide bonds. The van der Waals surface area contributed by atoms with Crippen molar-refractivity contribution >= 4 is 21.6 Å². The van der Waals surface area contributed by atoms with Crippen LogP contribution in [0.25, 0.3) is 0 Å². The van der Waals surface area contributed by atoms with Gasteiger partial charge in [0.1, 0.15) is 0 Å². The third-order valence-corrected chi connectivity index (χ3v) is 3.83. The minimum absolute atomic E-state index is 0.151. The molecule has 1 fully saturated rings. The van der Waals surface area contributed by atoms with Crippen molar-refractivity contribution in [2.24, 2.45) is 5.73 Å². The average Bonchev–Trinajstić information content (AvgIpc) is 2.15. The van der Waals surface area contributed by atoms with E-state index < -0.39 is 0 Å². The highest BCUT2D eigenvalue weighted by Gasteiger charge is 2.33. The number of nitrogens with zero attached hydrogens (tertiary/aromatic N) is 1. The zero-order valence-electron chi connectivity index (χ0n) is 9.91. The van der Waals surface area contributed by atoms with E-state index in [2.05, 4.69) is 58.9 Å². The van der Waals surface area contributed by atoms with Gasteiger partial charge in [-0.1, -0.05) is 22.0 Å². The van der Waals surface area contributed by atoms with Crippen molar-refractivity contribution in [2.75, 3.05) is 11.4 Å². The molecule has 88 valence electrons. The Hall–Kier alpha value is -0.540. The molecule has 3 heteroatoms. The average molecular weight is 283 g/mol. The van der Waals surface area contributed by atoms with Crippen molar-refractivity contribution in [1.82, 2.24) is 0 Å². The third-order valence-electron chi connectivity index (χ3n) is 3.34. The maximum atomic E-state index is 6.04. The molecule has 0 aromatic heterocycles. The number of piperidine rings is 1. The summed E-state index contributed by atoms with van der Waals surface area (Å²) in [5.41, 5.74) is 7.48. The van der Waals surface area contributed by atoms with E-state index in [-0.39, 0.29) is 5.54 Å². The highest BCUT2D eigenvalue weighted by Crippen LogP contribution is 2.33. The van der Waals surface area contributed by atoms with Crippen molar-refractivity contribution in [3.8, 4) is 0 Å². The number of nitrogens with two attached hydrogens (primary N) is 1. The van der Waals surface area contributed by atoms with Gasteiger partial charge in [0.2, 0.25) is 0 Å². The first kappa shape index (κ1) is 11.9. The standard InChI is InChI=1S/C13H19BrN2/c1-13(2)9-11(15)6-7-16(13)12-5-3-4-10(14)8-12/h3-5,8,11H,6-7,9,15H2,1-2H3. The molecule has 1 aliphatic rings. The summed E-state index contributed by atoms with van der Waals surface area (Å²) in [7, 11) is 0. The van der Waals surface area contributed by atoms with Gasteiger partial charge in [-0.15, -0.1) is 0 Å². The van der Waals surface area contributed by atoms with Gasteiger partial charge >= 0.3 is 0 Å². The number of rotatable bonds is 1. The van der Waals surface area contributed by atoms with Crippen LogP contribution in [0.4, 0.5) is 5.69 Å². The largest absolute Gasteiger partial charge is 0.366 e. The summed E-state index contributed by atoms with van der Waals surface area (Å²) >= 11 is 3.53. The van der Waals surface area contributed by atoms with Crippen LogP contribution in [0, 0.1) is 0 Å². The van der Waals surface area contributed by atoms with Crippen LogP contribution >= 0.6 is 15.9 Å². The Morgan fingerprint density at radius 1 is 1.44 bits per heavy atom. The number of benzene rings is 1. The Kier molecular flexibility index (Phi) is 3.27. The summed E-state index contributed by atoms with van der Waals surface area (Å²) < 4.78 is 1.13.